The van der Waals surface area contributed by atoms with Gasteiger partial charge in [-0.25, -0.2) is 14.8 Å². The summed E-state index contributed by atoms with van der Waals surface area (Å²) in [5.74, 6) is 1.01. The van der Waals surface area contributed by atoms with E-state index in [0.717, 1.165) is 0 Å². The zero-order valence-corrected chi connectivity index (χ0v) is 11.6. The molecule has 21 heavy (non-hydrogen) atoms. The summed E-state index contributed by atoms with van der Waals surface area (Å²) in [5, 5.41) is 9.04. The van der Waals surface area contributed by atoms with Crippen LogP contribution in [0.25, 0.3) is 0 Å². The van der Waals surface area contributed by atoms with Gasteiger partial charge in [0.05, 0.1) is 17.2 Å². The van der Waals surface area contributed by atoms with E-state index < -0.39 is 11.4 Å². The first-order valence-corrected chi connectivity index (χ1v) is 6.38. The molecule has 0 fully saturated rings. The first kappa shape index (κ1) is 13.1. The highest BCUT2D eigenvalue weighted by Crippen LogP contribution is 2.31. The molecule has 2 aromatic rings. The SMILES string of the molecule is CC1(C)N=C(n2cccnc2=O)c2cc(C#N)ccc2O1. The summed E-state index contributed by atoms with van der Waals surface area (Å²) in [4.78, 5) is 20.2. The summed E-state index contributed by atoms with van der Waals surface area (Å²) in [6.45, 7) is 3.60. The van der Waals surface area contributed by atoms with Gasteiger partial charge >= 0.3 is 5.69 Å². The van der Waals surface area contributed by atoms with Crippen LogP contribution in [0.5, 0.6) is 5.75 Å². The number of ether oxygens (including phenoxy) is 1. The molecule has 0 bridgehead atoms. The maximum Gasteiger partial charge on any atom is 0.353 e. The molecule has 0 saturated heterocycles. The third-order valence-electron chi connectivity index (χ3n) is 3.02. The molecule has 6 nitrogen and oxygen atoms in total. The summed E-state index contributed by atoms with van der Waals surface area (Å²) < 4.78 is 7.13. The lowest BCUT2D eigenvalue weighted by Crippen LogP contribution is -2.38. The number of benzene rings is 1. The molecule has 1 aromatic heterocycles. The number of hydrogen-bond donors (Lipinski definition) is 0. The van der Waals surface area contributed by atoms with Crippen LogP contribution in [0.3, 0.4) is 0 Å². The summed E-state index contributed by atoms with van der Waals surface area (Å²) >= 11 is 0. The summed E-state index contributed by atoms with van der Waals surface area (Å²) in [6.07, 6.45) is 3.02. The third-order valence-corrected chi connectivity index (χ3v) is 3.02. The van der Waals surface area contributed by atoms with E-state index in [1.807, 2.05) is 0 Å². The monoisotopic (exact) mass is 280 g/mol. The first-order valence-electron chi connectivity index (χ1n) is 6.38. The molecule has 0 unspecified atom stereocenters. The Hall–Kier alpha value is -2.94. The molecule has 3 rings (SSSR count). The molecule has 1 aromatic carbocycles. The second-order valence-electron chi connectivity index (χ2n) is 5.08. The van der Waals surface area contributed by atoms with Crippen LogP contribution >= 0.6 is 0 Å². The molecular formula is C15H12N4O2. The Morgan fingerprint density at radius 1 is 1.38 bits per heavy atom. The fraction of sp³-hybridized carbons (Fsp3) is 0.200. The van der Waals surface area contributed by atoms with Crippen molar-refractivity contribution in [1.82, 2.24) is 9.55 Å². The molecule has 1 aliphatic heterocycles. The minimum absolute atomic E-state index is 0.427. The van der Waals surface area contributed by atoms with E-state index in [9.17, 15) is 4.79 Å². The predicted molar refractivity (Wildman–Crippen MR) is 76.3 cm³/mol. The Morgan fingerprint density at radius 2 is 2.19 bits per heavy atom. The third kappa shape index (κ3) is 2.30. The minimum Gasteiger partial charge on any atom is -0.466 e. The molecule has 0 radical (unpaired) electrons. The van der Waals surface area contributed by atoms with E-state index in [2.05, 4.69) is 16.0 Å². The molecule has 1 aliphatic rings. The molecule has 6 heteroatoms. The van der Waals surface area contributed by atoms with Gasteiger partial charge in [-0.2, -0.15) is 5.26 Å². The van der Waals surface area contributed by atoms with Gasteiger partial charge in [0, 0.05) is 12.4 Å². The van der Waals surface area contributed by atoms with Crippen LogP contribution in [-0.4, -0.2) is 21.1 Å². The Balaban J connectivity index is 2.29. The number of fused-ring (bicyclic) bond motifs is 1. The minimum atomic E-state index is -0.800. The van der Waals surface area contributed by atoms with Crippen LogP contribution in [0.1, 0.15) is 25.0 Å². The van der Waals surface area contributed by atoms with Crippen LogP contribution in [0, 0.1) is 11.3 Å². The smallest absolute Gasteiger partial charge is 0.353 e. The maximum absolute atomic E-state index is 12.0. The molecule has 0 aliphatic carbocycles. The van der Waals surface area contributed by atoms with E-state index in [-0.39, 0.29) is 0 Å². The standard InChI is InChI=1S/C15H12N4O2/c1-15(2)18-13(19-7-3-6-17-14(19)20)11-8-10(9-16)4-5-12(11)21-15/h3-8H,1-2H3. The Kier molecular flexibility index (Phi) is 2.84. The van der Waals surface area contributed by atoms with Crippen LogP contribution in [0.15, 0.2) is 46.4 Å². The number of nitrogens with zero attached hydrogens (tertiary/aromatic N) is 4. The lowest BCUT2D eigenvalue weighted by atomic mass is 10.1. The van der Waals surface area contributed by atoms with Crippen LogP contribution < -0.4 is 10.4 Å². The molecule has 0 atom stereocenters. The first-order chi connectivity index (χ1) is 10.00. The number of aromatic nitrogens is 2. The molecule has 0 saturated carbocycles. The molecular weight excluding hydrogens is 268 g/mol. The summed E-state index contributed by atoms with van der Waals surface area (Å²) in [7, 11) is 0. The largest absolute Gasteiger partial charge is 0.466 e. The van der Waals surface area contributed by atoms with E-state index in [1.165, 1.54) is 10.8 Å². The molecule has 0 N–H and O–H groups in total. The number of nitriles is 1. The summed E-state index contributed by atoms with van der Waals surface area (Å²) in [6, 6.07) is 8.76. The number of rotatable bonds is 0. The van der Waals surface area contributed by atoms with Gasteiger partial charge in [0.2, 0.25) is 0 Å². The predicted octanol–water partition coefficient (Wildman–Crippen LogP) is 1.54. The molecule has 0 amide bonds. The van der Waals surface area contributed by atoms with Gasteiger partial charge in [0.1, 0.15) is 5.75 Å². The van der Waals surface area contributed by atoms with Gasteiger partial charge in [-0.15, -0.1) is 0 Å². The molecule has 0 spiro atoms. The van der Waals surface area contributed by atoms with Gasteiger partial charge in [-0.1, -0.05) is 0 Å². The van der Waals surface area contributed by atoms with E-state index >= 15 is 0 Å². The second kappa shape index (κ2) is 4.56. The van der Waals surface area contributed by atoms with Crippen molar-refractivity contribution in [3.05, 3.63) is 58.3 Å². The van der Waals surface area contributed by atoms with Crippen molar-refractivity contribution in [2.24, 2.45) is 4.99 Å². The van der Waals surface area contributed by atoms with Crippen LogP contribution in [-0.2, 0) is 0 Å². The van der Waals surface area contributed by atoms with Crippen molar-refractivity contribution >= 4 is 5.84 Å². The van der Waals surface area contributed by atoms with E-state index in [4.69, 9.17) is 10.00 Å². The van der Waals surface area contributed by atoms with Crippen LogP contribution in [0.2, 0.25) is 0 Å². The Morgan fingerprint density at radius 3 is 2.90 bits per heavy atom. The normalized spacial score (nSPS) is 15.4. The van der Waals surface area contributed by atoms with Crippen LogP contribution in [0.4, 0.5) is 0 Å². The maximum atomic E-state index is 12.0. The Labute approximate surface area is 121 Å². The molecule has 104 valence electrons. The van der Waals surface area contributed by atoms with Gasteiger partial charge in [-0.05, 0) is 38.1 Å². The van der Waals surface area contributed by atoms with Crippen molar-refractivity contribution in [2.45, 2.75) is 19.6 Å². The highest BCUT2D eigenvalue weighted by Gasteiger charge is 2.29. The van der Waals surface area contributed by atoms with Gasteiger partial charge in [0.25, 0.3) is 0 Å². The number of aliphatic imine (C=N–C) groups is 1. The quantitative estimate of drug-likeness (QED) is 0.733. The average molecular weight is 280 g/mol. The lowest BCUT2D eigenvalue weighted by Gasteiger charge is -2.30. The zero-order chi connectivity index (χ0) is 15.0. The zero-order valence-electron chi connectivity index (χ0n) is 11.6. The van der Waals surface area contributed by atoms with Crippen molar-refractivity contribution in [3.8, 4) is 11.8 Å². The van der Waals surface area contributed by atoms with E-state index in [1.54, 1.807) is 44.3 Å². The van der Waals surface area contributed by atoms with Crippen molar-refractivity contribution in [2.75, 3.05) is 0 Å². The van der Waals surface area contributed by atoms with E-state index in [0.29, 0.717) is 22.7 Å². The van der Waals surface area contributed by atoms with Crippen molar-refractivity contribution in [1.29, 1.82) is 5.26 Å². The average Bonchev–Trinajstić information content (AvgIpc) is 2.46. The highest BCUT2D eigenvalue weighted by atomic mass is 16.5. The lowest BCUT2D eigenvalue weighted by molar-refractivity contribution is 0.114. The molecule has 2 heterocycles. The topological polar surface area (TPSA) is 80.3 Å². The fourth-order valence-electron chi connectivity index (χ4n) is 2.17. The number of hydrogen-bond acceptors (Lipinski definition) is 5. The summed E-state index contributed by atoms with van der Waals surface area (Å²) in [5.41, 5.74) is -0.154. The second-order valence-corrected chi connectivity index (χ2v) is 5.08. The van der Waals surface area contributed by atoms with Gasteiger partial charge < -0.3 is 4.74 Å². The highest BCUT2D eigenvalue weighted by molar-refractivity contribution is 6.03. The van der Waals surface area contributed by atoms with Gasteiger partial charge in [-0.3, -0.25) is 4.57 Å². The fourth-order valence-corrected chi connectivity index (χ4v) is 2.17. The van der Waals surface area contributed by atoms with Crippen molar-refractivity contribution in [3.63, 3.8) is 0 Å². The van der Waals surface area contributed by atoms with Gasteiger partial charge in [0.15, 0.2) is 11.6 Å². The Bertz CT molecular complexity index is 843. The van der Waals surface area contributed by atoms with Crippen molar-refractivity contribution < 1.29 is 4.74 Å².